The van der Waals surface area contributed by atoms with Crippen molar-refractivity contribution < 1.29 is 14.6 Å². The number of nitriles is 1. The summed E-state index contributed by atoms with van der Waals surface area (Å²) in [6.45, 7) is 1.65. The Balaban J connectivity index is 2.74. The number of hydrogen-bond acceptors (Lipinski definition) is 4. The molecule has 0 amide bonds. The Morgan fingerprint density at radius 2 is 2.35 bits per heavy atom. The zero-order valence-corrected chi connectivity index (χ0v) is 10.5. The Morgan fingerprint density at radius 3 is 2.88 bits per heavy atom. The second kappa shape index (κ2) is 6.16. The van der Waals surface area contributed by atoms with Crippen molar-refractivity contribution in [2.45, 2.75) is 17.9 Å². The summed E-state index contributed by atoms with van der Waals surface area (Å²) < 4.78 is 5.08. The van der Waals surface area contributed by atoms with Gasteiger partial charge in [-0.2, -0.15) is 5.26 Å². The van der Waals surface area contributed by atoms with Crippen molar-refractivity contribution in [2.24, 2.45) is 0 Å². The topological polar surface area (TPSA) is 70.3 Å². The average Bonchev–Trinajstić information content (AvgIpc) is 2.35. The number of nitrogens with zero attached hydrogens (tertiary/aromatic N) is 1. The lowest BCUT2D eigenvalue weighted by Gasteiger charge is -2.08. The molecule has 1 aromatic carbocycles. The first kappa shape index (κ1) is 13.4. The molecule has 0 heterocycles. The van der Waals surface area contributed by atoms with Gasteiger partial charge in [0.1, 0.15) is 11.8 Å². The summed E-state index contributed by atoms with van der Waals surface area (Å²) in [6, 6.07) is 7.28. The van der Waals surface area contributed by atoms with Crippen LogP contribution < -0.4 is 4.74 Å². The van der Waals surface area contributed by atoms with Crippen LogP contribution in [0.25, 0.3) is 0 Å². The molecule has 1 rings (SSSR count). The number of ether oxygens (including phenoxy) is 1. The molecular formula is C12H13NO3S. The van der Waals surface area contributed by atoms with Gasteiger partial charge in [-0.25, -0.2) is 0 Å². The van der Waals surface area contributed by atoms with E-state index in [2.05, 4.69) is 0 Å². The monoisotopic (exact) mass is 251 g/mol. The molecule has 0 saturated heterocycles. The zero-order chi connectivity index (χ0) is 12.8. The Kier molecular flexibility index (Phi) is 4.85. The van der Waals surface area contributed by atoms with E-state index in [9.17, 15) is 4.79 Å². The number of rotatable bonds is 5. The van der Waals surface area contributed by atoms with Crippen molar-refractivity contribution in [2.75, 3.05) is 7.11 Å². The minimum Gasteiger partial charge on any atom is -0.495 e. The molecule has 0 fully saturated rings. The fourth-order valence-corrected chi connectivity index (χ4v) is 1.97. The van der Waals surface area contributed by atoms with Crippen molar-refractivity contribution >= 4 is 17.7 Å². The van der Waals surface area contributed by atoms with Gasteiger partial charge in [0.15, 0.2) is 0 Å². The summed E-state index contributed by atoms with van der Waals surface area (Å²) in [6.07, 6.45) is 0. The van der Waals surface area contributed by atoms with Gasteiger partial charge in [0.05, 0.1) is 17.9 Å². The summed E-state index contributed by atoms with van der Waals surface area (Å²) in [5.41, 5.74) is 1.42. The molecule has 1 atom stereocenters. The van der Waals surface area contributed by atoms with Gasteiger partial charge in [-0.3, -0.25) is 4.79 Å². The third-order valence-electron chi connectivity index (χ3n) is 2.23. The van der Waals surface area contributed by atoms with Gasteiger partial charge in [-0.05, 0) is 24.6 Å². The van der Waals surface area contributed by atoms with E-state index < -0.39 is 11.2 Å². The van der Waals surface area contributed by atoms with Gasteiger partial charge in [0, 0.05) is 5.75 Å². The Morgan fingerprint density at radius 1 is 1.65 bits per heavy atom. The molecule has 0 radical (unpaired) electrons. The first-order chi connectivity index (χ1) is 8.08. The normalized spacial score (nSPS) is 11.6. The maximum Gasteiger partial charge on any atom is 0.316 e. The second-order valence-electron chi connectivity index (χ2n) is 3.44. The number of carbonyl (C=O) groups is 1. The van der Waals surface area contributed by atoms with Gasteiger partial charge >= 0.3 is 5.97 Å². The highest BCUT2D eigenvalue weighted by Gasteiger charge is 2.11. The van der Waals surface area contributed by atoms with Crippen LogP contribution in [0.15, 0.2) is 18.2 Å². The minimum absolute atomic E-state index is 0.448. The maximum absolute atomic E-state index is 10.7. The van der Waals surface area contributed by atoms with Gasteiger partial charge in [-0.1, -0.05) is 6.07 Å². The number of thioether (sulfide) groups is 1. The fraction of sp³-hybridized carbons (Fsp3) is 0.333. The summed E-state index contributed by atoms with van der Waals surface area (Å²) in [7, 11) is 1.51. The third kappa shape index (κ3) is 3.68. The molecule has 0 aliphatic carbocycles. The van der Waals surface area contributed by atoms with Gasteiger partial charge in [-0.15, -0.1) is 11.8 Å². The minimum atomic E-state index is -0.824. The predicted octanol–water partition coefficient (Wildman–Crippen LogP) is 2.27. The zero-order valence-electron chi connectivity index (χ0n) is 9.64. The molecule has 4 nitrogen and oxygen atoms in total. The summed E-state index contributed by atoms with van der Waals surface area (Å²) in [5.74, 6) is 0.277. The fourth-order valence-electron chi connectivity index (χ4n) is 1.21. The lowest BCUT2D eigenvalue weighted by molar-refractivity contribution is -0.136. The molecule has 0 bridgehead atoms. The largest absolute Gasteiger partial charge is 0.495 e. The highest BCUT2D eigenvalue weighted by Crippen LogP contribution is 2.24. The molecule has 0 aliphatic heterocycles. The molecule has 0 aliphatic rings. The van der Waals surface area contributed by atoms with Gasteiger partial charge in [0.2, 0.25) is 0 Å². The lowest BCUT2D eigenvalue weighted by atomic mass is 10.1. The van der Waals surface area contributed by atoms with E-state index in [1.54, 1.807) is 19.1 Å². The standard InChI is InChI=1S/C12H13NO3S/c1-8(12(14)15)17-7-9-3-4-10(6-13)11(5-9)16-2/h3-5,8H,7H2,1-2H3,(H,14,15). The number of carboxylic acid groups (broad SMARTS) is 1. The molecule has 0 saturated carbocycles. The molecule has 0 aromatic heterocycles. The summed E-state index contributed by atoms with van der Waals surface area (Å²) in [4.78, 5) is 10.7. The summed E-state index contributed by atoms with van der Waals surface area (Å²) >= 11 is 1.33. The maximum atomic E-state index is 10.7. The molecule has 0 spiro atoms. The van der Waals surface area contributed by atoms with Crippen molar-refractivity contribution in [3.8, 4) is 11.8 Å². The van der Waals surface area contributed by atoms with Crippen molar-refractivity contribution in [1.82, 2.24) is 0 Å². The van der Waals surface area contributed by atoms with E-state index >= 15 is 0 Å². The highest BCUT2D eigenvalue weighted by atomic mass is 32.2. The van der Waals surface area contributed by atoms with E-state index in [1.165, 1.54) is 18.9 Å². The Bertz CT molecular complexity index is 454. The SMILES string of the molecule is COc1cc(CSC(C)C(=O)O)ccc1C#N. The van der Waals surface area contributed by atoms with Crippen molar-refractivity contribution in [3.63, 3.8) is 0 Å². The molecule has 5 heteroatoms. The number of benzene rings is 1. The Labute approximate surface area is 104 Å². The first-order valence-corrected chi connectivity index (χ1v) is 6.04. The molecular weight excluding hydrogens is 238 g/mol. The predicted molar refractivity (Wildman–Crippen MR) is 66.1 cm³/mol. The summed E-state index contributed by atoms with van der Waals surface area (Å²) in [5, 5.41) is 17.1. The Hall–Kier alpha value is -1.67. The van der Waals surface area contributed by atoms with E-state index in [0.29, 0.717) is 17.1 Å². The van der Waals surface area contributed by atoms with Crippen LogP contribution in [0, 0.1) is 11.3 Å². The van der Waals surface area contributed by atoms with E-state index in [1.807, 2.05) is 12.1 Å². The van der Waals surface area contributed by atoms with E-state index in [0.717, 1.165) is 5.56 Å². The van der Waals surface area contributed by atoms with Crippen LogP contribution in [0.3, 0.4) is 0 Å². The molecule has 1 N–H and O–H groups in total. The number of aliphatic carboxylic acids is 1. The van der Waals surface area contributed by atoms with Crippen LogP contribution in [-0.4, -0.2) is 23.4 Å². The van der Waals surface area contributed by atoms with Crippen LogP contribution in [0.1, 0.15) is 18.1 Å². The average molecular weight is 251 g/mol. The highest BCUT2D eigenvalue weighted by molar-refractivity contribution is 7.99. The van der Waals surface area contributed by atoms with Crippen LogP contribution >= 0.6 is 11.8 Å². The number of hydrogen-bond donors (Lipinski definition) is 1. The molecule has 1 unspecified atom stereocenters. The third-order valence-corrected chi connectivity index (χ3v) is 3.44. The van der Waals surface area contributed by atoms with Crippen LogP contribution in [0.2, 0.25) is 0 Å². The van der Waals surface area contributed by atoms with Gasteiger partial charge < -0.3 is 9.84 Å². The van der Waals surface area contributed by atoms with Crippen LogP contribution in [0.4, 0.5) is 0 Å². The van der Waals surface area contributed by atoms with Crippen molar-refractivity contribution in [1.29, 1.82) is 5.26 Å². The number of methoxy groups -OCH3 is 1. The second-order valence-corrected chi connectivity index (χ2v) is 4.77. The van der Waals surface area contributed by atoms with E-state index in [-0.39, 0.29) is 0 Å². The molecule has 90 valence electrons. The molecule has 17 heavy (non-hydrogen) atoms. The smallest absolute Gasteiger partial charge is 0.316 e. The van der Waals surface area contributed by atoms with Gasteiger partial charge in [0.25, 0.3) is 0 Å². The lowest BCUT2D eigenvalue weighted by Crippen LogP contribution is -2.11. The number of carboxylic acids is 1. The first-order valence-electron chi connectivity index (χ1n) is 5.00. The van der Waals surface area contributed by atoms with Crippen LogP contribution in [-0.2, 0) is 10.5 Å². The quantitative estimate of drug-likeness (QED) is 0.869. The molecule has 1 aromatic rings. The van der Waals surface area contributed by atoms with Crippen LogP contribution in [0.5, 0.6) is 5.75 Å². The van der Waals surface area contributed by atoms with E-state index in [4.69, 9.17) is 15.1 Å². The van der Waals surface area contributed by atoms with Crippen molar-refractivity contribution in [3.05, 3.63) is 29.3 Å².